The zero-order valence-electron chi connectivity index (χ0n) is 14.1. The van der Waals surface area contributed by atoms with Crippen LogP contribution in [0.3, 0.4) is 0 Å². The quantitative estimate of drug-likeness (QED) is 0.751. The number of ether oxygens (including phenoxy) is 3. The fourth-order valence-electron chi connectivity index (χ4n) is 3.15. The van der Waals surface area contributed by atoms with Gasteiger partial charge in [-0.2, -0.15) is 0 Å². The Morgan fingerprint density at radius 1 is 1.21 bits per heavy atom. The molecule has 3 rings (SSSR count). The number of carbonyl (C=O) groups excluding carboxylic acids is 1. The average molecular weight is 328 g/mol. The lowest BCUT2D eigenvalue weighted by Gasteiger charge is -2.23. The summed E-state index contributed by atoms with van der Waals surface area (Å²) >= 11 is 0. The number of rotatable bonds is 6. The zero-order valence-corrected chi connectivity index (χ0v) is 14.1. The summed E-state index contributed by atoms with van der Waals surface area (Å²) in [5, 5.41) is 2.29. The van der Waals surface area contributed by atoms with Gasteiger partial charge in [-0.1, -0.05) is 42.5 Å². The SMILES string of the molecule is COC(=O)C(CCOC1CCCCO1)c1ccc2ccccc2c1. The van der Waals surface area contributed by atoms with Gasteiger partial charge >= 0.3 is 5.97 Å². The summed E-state index contributed by atoms with van der Waals surface area (Å²) in [5.41, 5.74) is 0.966. The van der Waals surface area contributed by atoms with Gasteiger partial charge in [0, 0.05) is 6.61 Å². The minimum atomic E-state index is -0.316. The first-order chi connectivity index (χ1) is 11.8. The summed E-state index contributed by atoms with van der Waals surface area (Å²) in [6.45, 7) is 1.24. The number of fused-ring (bicyclic) bond motifs is 1. The van der Waals surface area contributed by atoms with E-state index in [0.29, 0.717) is 13.0 Å². The van der Waals surface area contributed by atoms with Crippen LogP contribution in [0.1, 0.15) is 37.2 Å². The average Bonchev–Trinajstić information content (AvgIpc) is 2.65. The molecule has 0 amide bonds. The Kier molecular flexibility index (Phi) is 5.83. The molecule has 4 nitrogen and oxygen atoms in total. The summed E-state index contributed by atoms with van der Waals surface area (Å²) < 4.78 is 16.4. The first-order valence-electron chi connectivity index (χ1n) is 8.57. The Morgan fingerprint density at radius 3 is 2.79 bits per heavy atom. The summed E-state index contributed by atoms with van der Waals surface area (Å²) in [6, 6.07) is 14.2. The number of hydrogen-bond donors (Lipinski definition) is 0. The highest BCUT2D eigenvalue weighted by molar-refractivity contribution is 5.85. The fraction of sp³-hybridized carbons (Fsp3) is 0.450. The molecule has 0 bridgehead atoms. The van der Waals surface area contributed by atoms with Gasteiger partial charge in [-0.15, -0.1) is 0 Å². The monoisotopic (exact) mass is 328 g/mol. The molecule has 0 aromatic heterocycles. The van der Waals surface area contributed by atoms with Crippen molar-refractivity contribution in [3.63, 3.8) is 0 Å². The first-order valence-corrected chi connectivity index (χ1v) is 8.57. The Hall–Kier alpha value is -1.91. The van der Waals surface area contributed by atoms with Gasteiger partial charge in [-0.25, -0.2) is 0 Å². The highest BCUT2D eigenvalue weighted by Crippen LogP contribution is 2.26. The van der Waals surface area contributed by atoms with Gasteiger partial charge in [0.2, 0.25) is 0 Å². The second kappa shape index (κ2) is 8.27. The highest BCUT2D eigenvalue weighted by Gasteiger charge is 2.23. The topological polar surface area (TPSA) is 44.8 Å². The lowest BCUT2D eigenvalue weighted by Crippen LogP contribution is -2.24. The van der Waals surface area contributed by atoms with Crippen molar-refractivity contribution in [3.05, 3.63) is 48.0 Å². The largest absolute Gasteiger partial charge is 0.469 e. The molecule has 1 saturated heterocycles. The number of carbonyl (C=O) groups is 1. The van der Waals surface area contributed by atoms with Crippen LogP contribution < -0.4 is 0 Å². The van der Waals surface area contributed by atoms with E-state index in [0.717, 1.165) is 42.2 Å². The third-order valence-corrected chi connectivity index (χ3v) is 4.51. The molecule has 2 aromatic carbocycles. The molecule has 2 aromatic rings. The molecule has 0 saturated carbocycles. The van der Waals surface area contributed by atoms with Crippen molar-refractivity contribution in [2.75, 3.05) is 20.3 Å². The van der Waals surface area contributed by atoms with E-state index in [-0.39, 0.29) is 18.2 Å². The molecule has 4 heteroatoms. The van der Waals surface area contributed by atoms with Crippen LogP contribution in [-0.2, 0) is 19.0 Å². The number of methoxy groups -OCH3 is 1. The van der Waals surface area contributed by atoms with Gasteiger partial charge in [-0.3, -0.25) is 4.79 Å². The minimum absolute atomic E-state index is 0.131. The minimum Gasteiger partial charge on any atom is -0.469 e. The predicted octanol–water partition coefficient (Wildman–Crippen LogP) is 4.03. The molecule has 1 aliphatic rings. The van der Waals surface area contributed by atoms with E-state index in [1.807, 2.05) is 24.3 Å². The van der Waals surface area contributed by atoms with Crippen LogP contribution in [0, 0.1) is 0 Å². The van der Waals surface area contributed by atoms with Gasteiger partial charge in [0.15, 0.2) is 6.29 Å². The summed E-state index contributed by atoms with van der Waals surface area (Å²) in [4.78, 5) is 12.2. The van der Waals surface area contributed by atoms with Crippen LogP contribution in [-0.4, -0.2) is 32.6 Å². The molecule has 1 aliphatic heterocycles. The van der Waals surface area contributed by atoms with E-state index >= 15 is 0 Å². The number of hydrogen-bond acceptors (Lipinski definition) is 4. The van der Waals surface area contributed by atoms with Crippen LogP contribution in [0.25, 0.3) is 10.8 Å². The molecule has 2 unspecified atom stereocenters. The van der Waals surface area contributed by atoms with E-state index < -0.39 is 0 Å². The van der Waals surface area contributed by atoms with E-state index in [1.54, 1.807) is 0 Å². The van der Waals surface area contributed by atoms with E-state index in [9.17, 15) is 4.79 Å². The van der Waals surface area contributed by atoms with Crippen molar-refractivity contribution < 1.29 is 19.0 Å². The van der Waals surface area contributed by atoms with Gasteiger partial charge in [0.25, 0.3) is 0 Å². The van der Waals surface area contributed by atoms with Crippen LogP contribution >= 0.6 is 0 Å². The Labute approximate surface area is 142 Å². The number of benzene rings is 2. The van der Waals surface area contributed by atoms with Crippen molar-refractivity contribution >= 4 is 16.7 Å². The summed E-state index contributed by atoms with van der Waals surface area (Å²) in [5.74, 6) is -0.540. The smallest absolute Gasteiger partial charge is 0.313 e. The maximum Gasteiger partial charge on any atom is 0.313 e. The Morgan fingerprint density at radius 2 is 2.04 bits per heavy atom. The standard InChI is InChI=1S/C20H24O4/c1-22-20(21)18(11-13-24-19-8-4-5-12-23-19)17-10-9-15-6-2-3-7-16(15)14-17/h2-3,6-7,9-10,14,18-19H,4-5,8,11-13H2,1H3. The van der Waals surface area contributed by atoms with Crippen molar-refractivity contribution in [1.82, 2.24) is 0 Å². The van der Waals surface area contributed by atoms with E-state index in [1.165, 1.54) is 7.11 Å². The fourth-order valence-corrected chi connectivity index (χ4v) is 3.15. The lowest BCUT2D eigenvalue weighted by atomic mass is 9.94. The predicted molar refractivity (Wildman–Crippen MR) is 92.9 cm³/mol. The molecular weight excluding hydrogens is 304 g/mol. The molecule has 0 spiro atoms. The maximum absolute atomic E-state index is 12.2. The van der Waals surface area contributed by atoms with Crippen molar-refractivity contribution in [1.29, 1.82) is 0 Å². The van der Waals surface area contributed by atoms with Gasteiger partial charge in [0.05, 0.1) is 19.6 Å². The highest BCUT2D eigenvalue weighted by atomic mass is 16.7. The van der Waals surface area contributed by atoms with Gasteiger partial charge in [0.1, 0.15) is 0 Å². The van der Waals surface area contributed by atoms with Crippen LogP contribution in [0.2, 0.25) is 0 Å². The van der Waals surface area contributed by atoms with Crippen molar-refractivity contribution in [2.24, 2.45) is 0 Å². The first kappa shape index (κ1) is 16.9. The van der Waals surface area contributed by atoms with Crippen LogP contribution in [0.5, 0.6) is 0 Å². The molecular formula is C20H24O4. The number of esters is 1. The third kappa shape index (κ3) is 4.13. The van der Waals surface area contributed by atoms with Crippen molar-refractivity contribution in [3.8, 4) is 0 Å². The Balaban J connectivity index is 1.69. The molecule has 24 heavy (non-hydrogen) atoms. The van der Waals surface area contributed by atoms with Gasteiger partial charge in [-0.05, 0) is 42.0 Å². The molecule has 0 N–H and O–H groups in total. The summed E-state index contributed by atoms with van der Waals surface area (Å²) in [7, 11) is 1.43. The van der Waals surface area contributed by atoms with E-state index in [4.69, 9.17) is 14.2 Å². The van der Waals surface area contributed by atoms with E-state index in [2.05, 4.69) is 18.2 Å². The normalized spacial score (nSPS) is 19.1. The Bertz CT molecular complexity index is 676. The second-order valence-electron chi connectivity index (χ2n) is 6.14. The maximum atomic E-state index is 12.2. The van der Waals surface area contributed by atoms with Gasteiger partial charge < -0.3 is 14.2 Å². The third-order valence-electron chi connectivity index (χ3n) is 4.51. The molecule has 0 radical (unpaired) electrons. The lowest BCUT2D eigenvalue weighted by molar-refractivity contribution is -0.165. The molecule has 1 fully saturated rings. The summed E-state index contributed by atoms with van der Waals surface area (Å²) in [6.07, 6.45) is 3.62. The molecule has 2 atom stereocenters. The second-order valence-corrected chi connectivity index (χ2v) is 6.14. The molecule has 1 heterocycles. The molecule has 128 valence electrons. The van der Waals surface area contributed by atoms with Crippen LogP contribution in [0.15, 0.2) is 42.5 Å². The van der Waals surface area contributed by atoms with Crippen molar-refractivity contribution in [2.45, 2.75) is 37.9 Å². The molecule has 0 aliphatic carbocycles. The van der Waals surface area contributed by atoms with Crippen LogP contribution in [0.4, 0.5) is 0 Å². The zero-order chi connectivity index (χ0) is 16.8.